The Kier molecular flexibility index (Phi) is 4.24. The third-order valence-electron chi connectivity index (χ3n) is 1.99. The molecule has 4 heteroatoms. The first-order chi connectivity index (χ1) is 7.26. The molecular formula is C11H16O4. The first-order valence-electron chi connectivity index (χ1n) is 4.75. The van der Waals surface area contributed by atoms with Gasteiger partial charge >= 0.3 is 0 Å². The van der Waals surface area contributed by atoms with Gasteiger partial charge in [-0.3, -0.25) is 0 Å². The molecule has 1 aromatic rings. The van der Waals surface area contributed by atoms with Gasteiger partial charge in [-0.15, -0.1) is 0 Å². The number of aliphatic hydroxyl groups excluding tert-OH is 1. The largest absolute Gasteiger partial charge is 0.493 e. The predicted octanol–water partition coefficient (Wildman–Crippen LogP) is 1.59. The molecule has 1 aromatic carbocycles. The van der Waals surface area contributed by atoms with Crippen molar-refractivity contribution in [2.45, 2.75) is 13.5 Å². The Morgan fingerprint density at radius 2 is 1.67 bits per heavy atom. The predicted molar refractivity (Wildman–Crippen MR) is 56.6 cm³/mol. The van der Waals surface area contributed by atoms with Crippen molar-refractivity contribution in [1.29, 1.82) is 0 Å². The van der Waals surface area contributed by atoms with Gasteiger partial charge in [0.05, 0.1) is 27.4 Å². The molecule has 1 N–H and O–H groups in total. The highest BCUT2D eigenvalue weighted by Crippen LogP contribution is 2.38. The summed E-state index contributed by atoms with van der Waals surface area (Å²) in [5.74, 6) is 1.71. The van der Waals surface area contributed by atoms with E-state index >= 15 is 0 Å². The number of methoxy groups -OCH3 is 2. The fourth-order valence-electron chi connectivity index (χ4n) is 1.31. The van der Waals surface area contributed by atoms with Crippen LogP contribution in [0.15, 0.2) is 12.1 Å². The van der Waals surface area contributed by atoms with Crippen LogP contribution in [0.1, 0.15) is 12.5 Å². The number of ether oxygens (including phenoxy) is 3. The molecule has 0 heterocycles. The first kappa shape index (κ1) is 11.7. The minimum absolute atomic E-state index is 0.0564. The molecular weight excluding hydrogens is 196 g/mol. The van der Waals surface area contributed by atoms with Gasteiger partial charge in [-0.2, -0.15) is 0 Å². The third-order valence-corrected chi connectivity index (χ3v) is 1.99. The van der Waals surface area contributed by atoms with E-state index in [1.807, 2.05) is 6.92 Å². The second-order valence-electron chi connectivity index (χ2n) is 2.92. The van der Waals surface area contributed by atoms with Crippen molar-refractivity contribution < 1.29 is 19.3 Å². The number of benzene rings is 1. The van der Waals surface area contributed by atoms with Crippen LogP contribution >= 0.6 is 0 Å². The molecule has 0 saturated carbocycles. The highest BCUT2D eigenvalue weighted by atomic mass is 16.5. The summed E-state index contributed by atoms with van der Waals surface area (Å²) in [7, 11) is 3.11. The fraction of sp³-hybridized carbons (Fsp3) is 0.455. The number of rotatable bonds is 5. The summed E-state index contributed by atoms with van der Waals surface area (Å²) in [5, 5.41) is 9.05. The van der Waals surface area contributed by atoms with Crippen molar-refractivity contribution >= 4 is 0 Å². The first-order valence-corrected chi connectivity index (χ1v) is 4.75. The molecule has 0 amide bonds. The summed E-state index contributed by atoms with van der Waals surface area (Å²) in [4.78, 5) is 0. The molecule has 1 rings (SSSR count). The summed E-state index contributed by atoms with van der Waals surface area (Å²) in [6, 6.07) is 3.46. The summed E-state index contributed by atoms with van der Waals surface area (Å²) >= 11 is 0. The molecule has 15 heavy (non-hydrogen) atoms. The van der Waals surface area contributed by atoms with E-state index in [0.717, 1.165) is 5.56 Å². The summed E-state index contributed by atoms with van der Waals surface area (Å²) in [6.07, 6.45) is 0. The van der Waals surface area contributed by atoms with Crippen molar-refractivity contribution in [1.82, 2.24) is 0 Å². The van der Waals surface area contributed by atoms with Gasteiger partial charge in [-0.1, -0.05) is 0 Å². The maximum absolute atomic E-state index is 9.05. The standard InChI is InChI=1S/C11H16O4/c1-4-15-11-9(13-2)5-8(7-12)6-10(11)14-3/h5-6,12H,4,7H2,1-3H3. The van der Waals surface area contributed by atoms with Gasteiger partial charge < -0.3 is 19.3 Å². The van der Waals surface area contributed by atoms with E-state index in [1.165, 1.54) is 0 Å². The van der Waals surface area contributed by atoms with E-state index in [4.69, 9.17) is 19.3 Å². The SMILES string of the molecule is CCOc1c(OC)cc(CO)cc1OC. The van der Waals surface area contributed by atoms with E-state index in [-0.39, 0.29) is 6.61 Å². The van der Waals surface area contributed by atoms with Crippen LogP contribution in [0.3, 0.4) is 0 Å². The van der Waals surface area contributed by atoms with Crippen molar-refractivity contribution in [3.63, 3.8) is 0 Å². The topological polar surface area (TPSA) is 47.9 Å². The Labute approximate surface area is 89.4 Å². The Balaban J connectivity index is 3.19. The Morgan fingerprint density at radius 1 is 1.13 bits per heavy atom. The Bertz CT molecular complexity index is 297. The van der Waals surface area contributed by atoms with Gasteiger partial charge in [0.15, 0.2) is 11.5 Å². The molecule has 0 fully saturated rings. The molecule has 0 unspecified atom stereocenters. The molecule has 0 bridgehead atoms. The minimum atomic E-state index is -0.0564. The summed E-state index contributed by atoms with van der Waals surface area (Å²) < 4.78 is 15.8. The van der Waals surface area contributed by atoms with Crippen LogP contribution in [0, 0.1) is 0 Å². The molecule has 0 atom stereocenters. The van der Waals surface area contributed by atoms with Crippen LogP contribution in [0.4, 0.5) is 0 Å². The monoisotopic (exact) mass is 212 g/mol. The van der Waals surface area contributed by atoms with E-state index in [1.54, 1.807) is 26.4 Å². The molecule has 0 aromatic heterocycles. The number of hydrogen-bond donors (Lipinski definition) is 1. The number of aliphatic hydroxyl groups is 1. The lowest BCUT2D eigenvalue weighted by Crippen LogP contribution is -2.00. The summed E-state index contributed by atoms with van der Waals surface area (Å²) in [5.41, 5.74) is 0.729. The van der Waals surface area contributed by atoms with Gasteiger partial charge in [-0.05, 0) is 24.6 Å². The maximum Gasteiger partial charge on any atom is 0.203 e. The highest BCUT2D eigenvalue weighted by molar-refractivity contribution is 5.53. The smallest absolute Gasteiger partial charge is 0.203 e. The fourth-order valence-corrected chi connectivity index (χ4v) is 1.31. The zero-order chi connectivity index (χ0) is 11.3. The average Bonchev–Trinajstić information content (AvgIpc) is 2.29. The lowest BCUT2D eigenvalue weighted by Gasteiger charge is -2.14. The van der Waals surface area contributed by atoms with E-state index in [2.05, 4.69) is 0 Å². The summed E-state index contributed by atoms with van der Waals surface area (Å²) in [6.45, 7) is 2.36. The van der Waals surface area contributed by atoms with E-state index < -0.39 is 0 Å². The van der Waals surface area contributed by atoms with Crippen LogP contribution in [0.25, 0.3) is 0 Å². The van der Waals surface area contributed by atoms with Gasteiger partial charge in [0.1, 0.15) is 0 Å². The Hall–Kier alpha value is -1.42. The molecule has 0 radical (unpaired) electrons. The van der Waals surface area contributed by atoms with Gasteiger partial charge in [-0.25, -0.2) is 0 Å². The van der Waals surface area contributed by atoms with Crippen molar-refractivity contribution in [2.75, 3.05) is 20.8 Å². The zero-order valence-electron chi connectivity index (χ0n) is 9.24. The van der Waals surface area contributed by atoms with Crippen molar-refractivity contribution in [3.05, 3.63) is 17.7 Å². The van der Waals surface area contributed by atoms with E-state index in [9.17, 15) is 0 Å². The maximum atomic E-state index is 9.05. The second kappa shape index (κ2) is 5.46. The molecule has 0 aliphatic rings. The lowest BCUT2D eigenvalue weighted by atomic mass is 10.2. The molecule has 84 valence electrons. The van der Waals surface area contributed by atoms with Crippen molar-refractivity contribution in [3.8, 4) is 17.2 Å². The lowest BCUT2D eigenvalue weighted by molar-refractivity contribution is 0.272. The molecule has 0 aliphatic heterocycles. The van der Waals surface area contributed by atoms with Crippen LogP contribution in [-0.2, 0) is 6.61 Å². The average molecular weight is 212 g/mol. The van der Waals surface area contributed by atoms with Crippen LogP contribution < -0.4 is 14.2 Å². The van der Waals surface area contributed by atoms with Crippen LogP contribution in [-0.4, -0.2) is 25.9 Å². The van der Waals surface area contributed by atoms with Crippen LogP contribution in [0.2, 0.25) is 0 Å². The van der Waals surface area contributed by atoms with Gasteiger partial charge in [0.2, 0.25) is 5.75 Å². The number of hydrogen-bond acceptors (Lipinski definition) is 4. The second-order valence-corrected chi connectivity index (χ2v) is 2.92. The molecule has 4 nitrogen and oxygen atoms in total. The molecule has 0 saturated heterocycles. The minimum Gasteiger partial charge on any atom is -0.493 e. The van der Waals surface area contributed by atoms with Crippen LogP contribution in [0.5, 0.6) is 17.2 Å². The van der Waals surface area contributed by atoms with E-state index in [0.29, 0.717) is 23.9 Å². The quantitative estimate of drug-likeness (QED) is 0.805. The van der Waals surface area contributed by atoms with Gasteiger partial charge in [0.25, 0.3) is 0 Å². The normalized spacial score (nSPS) is 9.87. The molecule has 0 aliphatic carbocycles. The van der Waals surface area contributed by atoms with Gasteiger partial charge in [0, 0.05) is 0 Å². The van der Waals surface area contributed by atoms with Crippen molar-refractivity contribution in [2.24, 2.45) is 0 Å². The highest BCUT2D eigenvalue weighted by Gasteiger charge is 2.13. The Morgan fingerprint density at radius 3 is 2.00 bits per heavy atom. The third kappa shape index (κ3) is 2.53. The zero-order valence-corrected chi connectivity index (χ0v) is 9.24. The molecule has 0 spiro atoms.